The van der Waals surface area contributed by atoms with Gasteiger partial charge in [0.25, 0.3) is 0 Å². The average molecular weight is 278 g/mol. The molecule has 0 saturated carbocycles. The molecule has 0 amide bonds. The van der Waals surface area contributed by atoms with Crippen LogP contribution >= 0.6 is 0 Å². The minimum absolute atomic E-state index is 0.109. The van der Waals surface area contributed by atoms with Crippen LogP contribution < -0.4 is 0 Å². The van der Waals surface area contributed by atoms with Crippen LogP contribution in [0.2, 0.25) is 0 Å². The van der Waals surface area contributed by atoms with Gasteiger partial charge in [-0.1, -0.05) is 30.0 Å². The lowest BCUT2D eigenvalue weighted by molar-refractivity contribution is -0.141. The van der Waals surface area contributed by atoms with Crippen molar-refractivity contribution in [2.45, 2.75) is 13.3 Å². The van der Waals surface area contributed by atoms with E-state index in [0.29, 0.717) is 6.61 Å². The van der Waals surface area contributed by atoms with E-state index in [1.807, 2.05) is 42.5 Å². The minimum Gasteiger partial charge on any atom is -0.465 e. The maximum Gasteiger partial charge on any atom is 0.317 e. The quantitative estimate of drug-likeness (QED) is 0.527. The topological polar surface area (TPSA) is 39.4 Å². The van der Waals surface area contributed by atoms with Crippen molar-refractivity contribution in [2.75, 3.05) is 6.61 Å². The molecule has 21 heavy (non-hydrogen) atoms. The largest absolute Gasteiger partial charge is 0.465 e. The zero-order chi connectivity index (χ0) is 14.7. The fraction of sp³-hybridized carbons (Fsp3) is 0.167. The van der Waals surface area contributed by atoms with Gasteiger partial charge in [0.2, 0.25) is 0 Å². The normalized spacial score (nSPS) is 10.3. The molecule has 0 aliphatic rings. The molecule has 0 aliphatic heterocycles. The average Bonchev–Trinajstić information content (AvgIpc) is 2.86. The highest BCUT2D eigenvalue weighted by molar-refractivity contribution is 6.05. The Morgan fingerprint density at radius 3 is 2.81 bits per heavy atom. The summed E-state index contributed by atoms with van der Waals surface area (Å²) in [6, 6.07) is 13.7. The first-order chi connectivity index (χ1) is 10.3. The number of fused-ring (bicyclic) bond motifs is 3. The summed E-state index contributed by atoms with van der Waals surface area (Å²) in [7, 11) is 0. The fourth-order valence-corrected chi connectivity index (χ4v) is 2.23. The van der Waals surface area contributed by atoms with E-state index in [2.05, 4.69) is 11.8 Å². The van der Waals surface area contributed by atoms with E-state index in [1.165, 1.54) is 0 Å². The molecular weight excluding hydrogens is 264 g/mol. The van der Waals surface area contributed by atoms with Gasteiger partial charge in [0.15, 0.2) is 0 Å². The first-order valence-corrected chi connectivity index (χ1v) is 6.83. The first kappa shape index (κ1) is 13.3. The van der Waals surface area contributed by atoms with E-state index in [1.54, 1.807) is 6.92 Å². The van der Waals surface area contributed by atoms with Crippen LogP contribution in [0.3, 0.4) is 0 Å². The fourth-order valence-electron chi connectivity index (χ4n) is 2.23. The molecule has 0 atom stereocenters. The summed E-state index contributed by atoms with van der Waals surface area (Å²) in [5.41, 5.74) is 2.56. The number of carbonyl (C=O) groups excluding carboxylic acids is 1. The highest BCUT2D eigenvalue weighted by atomic mass is 16.5. The van der Waals surface area contributed by atoms with E-state index in [0.717, 1.165) is 27.5 Å². The van der Waals surface area contributed by atoms with E-state index in [9.17, 15) is 4.79 Å². The summed E-state index contributed by atoms with van der Waals surface area (Å²) in [4.78, 5) is 11.2. The zero-order valence-corrected chi connectivity index (χ0v) is 11.7. The number of hydrogen-bond acceptors (Lipinski definition) is 3. The van der Waals surface area contributed by atoms with E-state index in [-0.39, 0.29) is 12.4 Å². The Morgan fingerprint density at radius 1 is 1.14 bits per heavy atom. The van der Waals surface area contributed by atoms with Gasteiger partial charge >= 0.3 is 5.97 Å². The number of furan rings is 1. The van der Waals surface area contributed by atoms with Gasteiger partial charge in [-0.2, -0.15) is 0 Å². The smallest absolute Gasteiger partial charge is 0.317 e. The van der Waals surface area contributed by atoms with Gasteiger partial charge in [-0.15, -0.1) is 0 Å². The Hall–Kier alpha value is -2.73. The summed E-state index contributed by atoms with van der Waals surface area (Å²) >= 11 is 0. The van der Waals surface area contributed by atoms with Crippen LogP contribution in [0.4, 0.5) is 0 Å². The molecule has 0 spiro atoms. The Balaban J connectivity index is 1.92. The third-order valence-corrected chi connectivity index (χ3v) is 3.15. The van der Waals surface area contributed by atoms with Gasteiger partial charge in [0.05, 0.1) is 6.61 Å². The maximum absolute atomic E-state index is 11.2. The second-order valence-electron chi connectivity index (χ2n) is 4.59. The van der Waals surface area contributed by atoms with Crippen LogP contribution in [0.1, 0.15) is 18.9 Å². The van der Waals surface area contributed by atoms with Crippen LogP contribution in [0.25, 0.3) is 21.9 Å². The molecule has 3 heteroatoms. The third kappa shape index (κ3) is 2.75. The molecule has 0 aliphatic carbocycles. The van der Waals surface area contributed by atoms with E-state index >= 15 is 0 Å². The molecule has 0 bridgehead atoms. The van der Waals surface area contributed by atoms with Crippen molar-refractivity contribution in [1.29, 1.82) is 0 Å². The van der Waals surface area contributed by atoms with Crippen molar-refractivity contribution in [1.82, 2.24) is 0 Å². The summed E-state index contributed by atoms with van der Waals surface area (Å²) in [6.45, 7) is 2.16. The second-order valence-corrected chi connectivity index (χ2v) is 4.59. The molecule has 2 aromatic carbocycles. The van der Waals surface area contributed by atoms with Crippen LogP contribution in [0, 0.1) is 11.8 Å². The van der Waals surface area contributed by atoms with Crippen molar-refractivity contribution in [3.63, 3.8) is 0 Å². The molecular formula is C18H14O3. The third-order valence-electron chi connectivity index (χ3n) is 3.15. The van der Waals surface area contributed by atoms with Gasteiger partial charge < -0.3 is 9.15 Å². The molecule has 0 saturated heterocycles. The molecule has 0 N–H and O–H groups in total. The van der Waals surface area contributed by atoms with Crippen molar-refractivity contribution in [3.8, 4) is 11.8 Å². The molecule has 1 aromatic heterocycles. The lowest BCUT2D eigenvalue weighted by Gasteiger charge is -1.95. The highest BCUT2D eigenvalue weighted by Gasteiger charge is 2.05. The summed E-state index contributed by atoms with van der Waals surface area (Å²) in [6.07, 6.45) is 0.109. The van der Waals surface area contributed by atoms with Gasteiger partial charge in [-0.05, 0) is 31.2 Å². The van der Waals surface area contributed by atoms with Crippen molar-refractivity contribution in [3.05, 3.63) is 48.0 Å². The van der Waals surface area contributed by atoms with Crippen molar-refractivity contribution < 1.29 is 13.9 Å². The number of hydrogen-bond donors (Lipinski definition) is 0. The minimum atomic E-state index is -0.292. The van der Waals surface area contributed by atoms with Gasteiger partial charge in [-0.3, -0.25) is 4.79 Å². The predicted molar refractivity (Wildman–Crippen MR) is 81.8 cm³/mol. The number of carbonyl (C=O) groups is 1. The summed E-state index contributed by atoms with van der Waals surface area (Å²) in [5.74, 6) is 5.53. The van der Waals surface area contributed by atoms with Crippen molar-refractivity contribution in [2.24, 2.45) is 0 Å². The van der Waals surface area contributed by atoms with Gasteiger partial charge in [-0.25, -0.2) is 0 Å². The monoisotopic (exact) mass is 278 g/mol. The molecule has 0 radical (unpaired) electrons. The lowest BCUT2D eigenvalue weighted by Crippen LogP contribution is -2.01. The van der Waals surface area contributed by atoms with E-state index < -0.39 is 0 Å². The first-order valence-electron chi connectivity index (χ1n) is 6.83. The summed E-state index contributed by atoms with van der Waals surface area (Å²) in [5, 5.41) is 2.11. The Labute approximate surface area is 122 Å². The Bertz CT molecular complexity index is 862. The summed E-state index contributed by atoms with van der Waals surface area (Å²) < 4.78 is 10.6. The predicted octanol–water partition coefficient (Wildman–Crippen LogP) is 3.89. The number of para-hydroxylation sites is 1. The van der Waals surface area contributed by atoms with Gasteiger partial charge in [0.1, 0.15) is 17.6 Å². The molecule has 0 unspecified atom stereocenters. The van der Waals surface area contributed by atoms with Crippen molar-refractivity contribution >= 4 is 27.9 Å². The van der Waals surface area contributed by atoms with Crippen LogP contribution in [-0.2, 0) is 9.53 Å². The molecule has 1 heterocycles. The Morgan fingerprint density at radius 2 is 1.95 bits per heavy atom. The zero-order valence-electron chi connectivity index (χ0n) is 11.7. The second kappa shape index (κ2) is 5.72. The molecule has 0 fully saturated rings. The molecule has 3 rings (SSSR count). The number of benzene rings is 2. The number of esters is 1. The standard InChI is InChI=1S/C18H14O3/c1-2-20-18(19)9-5-6-13-10-11-17-15(12-13)14-7-3-4-8-16(14)21-17/h3-4,7-8,10-12H,2,9H2,1H3. The molecule has 3 aromatic rings. The van der Waals surface area contributed by atoms with Gasteiger partial charge in [0, 0.05) is 16.3 Å². The van der Waals surface area contributed by atoms with Crippen LogP contribution in [0.5, 0.6) is 0 Å². The Kier molecular flexibility index (Phi) is 3.61. The highest BCUT2D eigenvalue weighted by Crippen LogP contribution is 2.28. The SMILES string of the molecule is CCOC(=O)CC#Cc1ccc2oc3ccccc3c2c1. The number of ether oxygens (including phenoxy) is 1. The lowest BCUT2D eigenvalue weighted by atomic mass is 10.1. The molecule has 104 valence electrons. The number of rotatable bonds is 2. The maximum atomic E-state index is 11.2. The molecule has 3 nitrogen and oxygen atoms in total. The van der Waals surface area contributed by atoms with Crippen LogP contribution in [-0.4, -0.2) is 12.6 Å². The van der Waals surface area contributed by atoms with E-state index in [4.69, 9.17) is 9.15 Å². The van der Waals surface area contributed by atoms with Crippen LogP contribution in [0.15, 0.2) is 46.9 Å².